The maximum Gasteiger partial charge on any atom is 1.00 e. The number of benzene rings is 1. The Kier molecular flexibility index (Phi) is 5.67. The molecule has 1 nitrogen and oxygen atoms in total. The number of aromatic hydroxyl groups is 1. The van der Waals surface area contributed by atoms with E-state index in [1.54, 1.807) is 0 Å². The minimum absolute atomic E-state index is 0. The summed E-state index contributed by atoms with van der Waals surface area (Å²) in [5.41, 5.74) is 0. The molecule has 0 atom stereocenters. The van der Waals surface area contributed by atoms with Crippen LogP contribution in [0.15, 0.2) is 6.07 Å². The van der Waals surface area contributed by atoms with Crippen LogP contribution in [0.4, 0.5) is 0 Å². The molecular weight excluding hydrogens is 253 g/mol. The van der Waals surface area contributed by atoms with Crippen LogP contribution >= 0.6 is 46.4 Å². The summed E-state index contributed by atoms with van der Waals surface area (Å²) in [6.07, 6.45) is 0. The normalized spacial score (nSPS) is 9.33. The number of hydrogen-bond acceptors (Lipinski definition) is 1. The van der Waals surface area contributed by atoms with Gasteiger partial charge in [0.25, 0.3) is 0 Å². The van der Waals surface area contributed by atoms with Gasteiger partial charge in [-0.1, -0.05) is 46.4 Å². The van der Waals surface area contributed by atoms with Gasteiger partial charge in [0.1, 0.15) is 10.8 Å². The molecule has 62 valence electrons. The molecule has 0 amide bonds. The molecule has 1 aromatic rings. The zero-order valence-corrected chi connectivity index (χ0v) is 11.1. The van der Waals surface area contributed by atoms with Crippen molar-refractivity contribution >= 4 is 46.4 Å². The molecule has 0 radical (unpaired) electrons. The van der Waals surface area contributed by atoms with Crippen molar-refractivity contribution in [1.82, 2.24) is 0 Å². The fraction of sp³-hybridized carbons (Fsp3) is 0. The Labute approximate surface area is 113 Å². The van der Waals surface area contributed by atoms with E-state index in [1.165, 1.54) is 6.07 Å². The van der Waals surface area contributed by atoms with Crippen molar-refractivity contribution in [2.24, 2.45) is 0 Å². The van der Waals surface area contributed by atoms with Crippen molar-refractivity contribution in [1.29, 1.82) is 0 Å². The number of rotatable bonds is 0. The van der Waals surface area contributed by atoms with Gasteiger partial charge in [-0.3, -0.25) is 0 Å². The minimum Gasteiger partial charge on any atom is -1.00 e. The van der Waals surface area contributed by atoms with E-state index in [4.69, 9.17) is 51.5 Å². The number of halogens is 4. The molecule has 0 spiro atoms. The van der Waals surface area contributed by atoms with Crippen LogP contribution in [0.2, 0.25) is 20.1 Å². The molecule has 0 aliphatic carbocycles. The predicted molar refractivity (Wildman–Crippen MR) is 49.3 cm³/mol. The van der Waals surface area contributed by atoms with Gasteiger partial charge >= 0.3 is 29.6 Å². The van der Waals surface area contributed by atoms with E-state index in [2.05, 4.69) is 0 Å². The fourth-order valence-electron chi connectivity index (χ4n) is 0.560. The smallest absolute Gasteiger partial charge is 1.00 e. The standard InChI is InChI=1S/C6H2Cl4O.Na.H/c7-2-1-3(11)5(9)6(10)4(2)8;;/h1,11H;;/q;+1;-1. The van der Waals surface area contributed by atoms with Gasteiger partial charge in [-0.15, -0.1) is 0 Å². The van der Waals surface area contributed by atoms with E-state index >= 15 is 0 Å². The monoisotopic (exact) mass is 254 g/mol. The SMILES string of the molecule is Oc1cc(Cl)c(Cl)c(Cl)c1Cl.[H-].[Na+]. The molecule has 1 rings (SSSR count). The Morgan fingerprint density at radius 1 is 1.00 bits per heavy atom. The van der Waals surface area contributed by atoms with Crippen LogP contribution in [0.3, 0.4) is 0 Å². The molecule has 1 N–H and O–H groups in total. The summed E-state index contributed by atoms with van der Waals surface area (Å²) in [4.78, 5) is 0. The van der Waals surface area contributed by atoms with Gasteiger partial charge < -0.3 is 6.53 Å². The first-order valence-electron chi connectivity index (χ1n) is 2.56. The first-order chi connectivity index (χ1) is 5.04. The second kappa shape index (κ2) is 5.16. The second-order valence-corrected chi connectivity index (χ2v) is 3.36. The zero-order chi connectivity index (χ0) is 8.59. The molecule has 6 heteroatoms. The van der Waals surface area contributed by atoms with Gasteiger partial charge in [0, 0.05) is 6.07 Å². The fourth-order valence-corrected chi connectivity index (χ4v) is 1.35. The molecule has 0 aliphatic heterocycles. The van der Waals surface area contributed by atoms with Crippen LogP contribution in [0, 0.1) is 0 Å². The first kappa shape index (κ1) is 13.2. The average molecular weight is 256 g/mol. The third-order valence-corrected chi connectivity index (χ3v) is 2.82. The molecule has 0 aromatic heterocycles. The van der Waals surface area contributed by atoms with Gasteiger partial charge in [0.05, 0.1) is 15.1 Å². The largest absolute Gasteiger partial charge is 1.00 e. The zero-order valence-electron chi connectivity index (χ0n) is 7.04. The molecule has 0 saturated carbocycles. The van der Waals surface area contributed by atoms with Crippen molar-refractivity contribution in [2.75, 3.05) is 0 Å². The van der Waals surface area contributed by atoms with Crippen molar-refractivity contribution in [3.63, 3.8) is 0 Å². The summed E-state index contributed by atoms with van der Waals surface area (Å²) in [6.45, 7) is 0. The quantitative estimate of drug-likeness (QED) is 0.419. The Bertz CT molecular complexity index is 281. The van der Waals surface area contributed by atoms with E-state index in [9.17, 15) is 0 Å². The molecule has 0 heterocycles. The summed E-state index contributed by atoms with van der Waals surface area (Å²) in [5, 5.41) is 9.46. The Morgan fingerprint density at radius 2 is 1.50 bits per heavy atom. The molecule has 0 bridgehead atoms. The van der Waals surface area contributed by atoms with Crippen LogP contribution in [0.25, 0.3) is 0 Å². The van der Waals surface area contributed by atoms with Crippen LogP contribution < -0.4 is 29.6 Å². The Balaban J connectivity index is 0. The van der Waals surface area contributed by atoms with E-state index in [0.717, 1.165) is 0 Å². The maximum absolute atomic E-state index is 9.05. The van der Waals surface area contributed by atoms with Crippen molar-refractivity contribution in [2.45, 2.75) is 0 Å². The average Bonchev–Trinajstić information content (AvgIpc) is 1.97. The Hall–Kier alpha value is 1.18. The summed E-state index contributed by atoms with van der Waals surface area (Å²) in [7, 11) is 0. The van der Waals surface area contributed by atoms with Crippen LogP contribution in [-0.4, -0.2) is 5.11 Å². The summed E-state index contributed by atoms with van der Waals surface area (Å²) in [5.74, 6) is -0.175. The topological polar surface area (TPSA) is 20.2 Å². The van der Waals surface area contributed by atoms with E-state index < -0.39 is 0 Å². The summed E-state index contributed by atoms with van der Waals surface area (Å²) < 4.78 is 0. The molecule has 0 aliphatic rings. The molecule has 1 aromatic carbocycles. The van der Waals surface area contributed by atoms with Crippen molar-refractivity contribution in [3.05, 3.63) is 26.2 Å². The van der Waals surface area contributed by atoms with Crippen LogP contribution in [0.1, 0.15) is 1.43 Å². The third kappa shape index (κ3) is 2.58. The summed E-state index contributed by atoms with van der Waals surface area (Å²) in [6, 6.07) is 1.23. The second-order valence-electron chi connectivity index (χ2n) is 1.82. The number of hydrogen-bond donors (Lipinski definition) is 1. The van der Waals surface area contributed by atoms with Crippen LogP contribution in [-0.2, 0) is 0 Å². The van der Waals surface area contributed by atoms with Gasteiger partial charge in [-0.25, -0.2) is 0 Å². The molecule has 0 fully saturated rings. The van der Waals surface area contributed by atoms with E-state index in [1.807, 2.05) is 0 Å². The van der Waals surface area contributed by atoms with Gasteiger partial charge in [0.2, 0.25) is 0 Å². The summed E-state index contributed by atoms with van der Waals surface area (Å²) >= 11 is 22.3. The molecule has 0 unspecified atom stereocenters. The van der Waals surface area contributed by atoms with E-state index in [0.29, 0.717) is 0 Å². The van der Waals surface area contributed by atoms with Gasteiger partial charge in [-0.05, 0) is 0 Å². The number of phenolic OH excluding ortho intramolecular Hbond substituents is 1. The number of phenols is 1. The predicted octanol–water partition coefficient (Wildman–Crippen LogP) is 1.12. The van der Waals surface area contributed by atoms with Crippen LogP contribution in [0.5, 0.6) is 5.75 Å². The maximum atomic E-state index is 9.05. The van der Waals surface area contributed by atoms with E-state index in [-0.39, 0.29) is 56.8 Å². The van der Waals surface area contributed by atoms with Crippen molar-refractivity contribution < 1.29 is 36.1 Å². The minimum atomic E-state index is -0.175. The first-order valence-corrected chi connectivity index (χ1v) is 4.07. The Morgan fingerprint density at radius 3 is 2.00 bits per heavy atom. The van der Waals surface area contributed by atoms with Gasteiger partial charge in [-0.2, -0.15) is 0 Å². The molecule has 12 heavy (non-hydrogen) atoms. The van der Waals surface area contributed by atoms with Crippen molar-refractivity contribution in [3.8, 4) is 5.75 Å². The molecular formula is C6H3Cl4NaO. The third-order valence-electron chi connectivity index (χ3n) is 1.08. The van der Waals surface area contributed by atoms with Gasteiger partial charge in [0.15, 0.2) is 0 Å². The molecule has 0 saturated heterocycles.